The molecule has 0 spiro atoms. The molecule has 0 aliphatic carbocycles. The lowest BCUT2D eigenvalue weighted by molar-refractivity contribution is 0.0708. The van der Waals surface area contributed by atoms with Crippen molar-refractivity contribution in [2.45, 2.75) is 46.3 Å². The van der Waals surface area contributed by atoms with Crippen LogP contribution >= 0.6 is 0 Å². The molecule has 186 valence electrons. The van der Waals surface area contributed by atoms with Gasteiger partial charge in [0.1, 0.15) is 5.75 Å². The minimum atomic E-state index is -2.83. The third kappa shape index (κ3) is 5.94. The van der Waals surface area contributed by atoms with Crippen LogP contribution in [0.15, 0.2) is 78.9 Å². The molecule has 0 N–H and O–H groups in total. The molecular weight excluding hydrogens is 472 g/mol. The maximum atomic E-state index is 6.76. The van der Waals surface area contributed by atoms with E-state index in [4.69, 9.17) is 22.1 Å². The summed E-state index contributed by atoms with van der Waals surface area (Å²) in [7, 11) is -5.44. The van der Waals surface area contributed by atoms with Gasteiger partial charge in [0.2, 0.25) is 0 Å². The van der Waals surface area contributed by atoms with Crippen molar-refractivity contribution in [2.24, 2.45) is 0 Å². The Morgan fingerprint density at radius 2 is 1.34 bits per heavy atom. The molecule has 3 aromatic rings. The average molecular weight is 509 g/mol. The van der Waals surface area contributed by atoms with Crippen LogP contribution in [0.25, 0.3) is 0 Å². The van der Waals surface area contributed by atoms with E-state index in [1.165, 1.54) is 5.56 Å². The first-order valence-electron chi connectivity index (χ1n) is 12.6. The fraction of sp³-hybridized carbons (Fsp3) is 0.357. The van der Waals surface area contributed by atoms with Crippen LogP contribution in [0.3, 0.4) is 0 Å². The minimum Gasteiger partial charge on any atom is -0.514 e. The molecule has 0 unspecified atom stereocenters. The zero-order valence-corrected chi connectivity index (χ0v) is 23.0. The van der Waals surface area contributed by atoms with Crippen molar-refractivity contribution in [2.75, 3.05) is 19.8 Å². The van der Waals surface area contributed by atoms with E-state index in [1.807, 2.05) is 32.9 Å². The molecule has 0 amide bonds. The molecule has 0 saturated heterocycles. The van der Waals surface area contributed by atoms with E-state index < -0.39 is 17.4 Å². The monoisotopic (exact) mass is 508 g/mol. The summed E-state index contributed by atoms with van der Waals surface area (Å²) in [6.45, 7) is 8.35. The summed E-state index contributed by atoms with van der Waals surface area (Å²) in [5.74, 6) is 0.918. The molecule has 0 fully saturated rings. The van der Waals surface area contributed by atoms with Crippen LogP contribution in [0.2, 0.25) is 6.04 Å². The fourth-order valence-electron chi connectivity index (χ4n) is 4.64. The van der Waals surface area contributed by atoms with Crippen LogP contribution in [-0.2, 0) is 30.7 Å². The highest BCUT2D eigenvalue weighted by atomic mass is 28.4. The second kappa shape index (κ2) is 12.1. The molecule has 1 aliphatic heterocycles. The van der Waals surface area contributed by atoms with Gasteiger partial charge >= 0.3 is 17.4 Å². The Bertz CT molecular complexity index is 1000. The first-order valence-corrected chi connectivity index (χ1v) is 16.4. The van der Waals surface area contributed by atoms with Gasteiger partial charge in [-0.15, -0.1) is 0 Å². The van der Waals surface area contributed by atoms with E-state index in [2.05, 4.69) is 66.7 Å². The molecule has 3 aromatic carbocycles. The Hall–Kier alpha value is -2.27. The summed E-state index contributed by atoms with van der Waals surface area (Å²) in [6, 6.07) is 28.0. The number of aryl methyl sites for hydroxylation is 1. The van der Waals surface area contributed by atoms with Gasteiger partial charge in [-0.3, -0.25) is 0 Å². The van der Waals surface area contributed by atoms with Crippen molar-refractivity contribution < 1.29 is 22.1 Å². The molecule has 0 bridgehead atoms. The Morgan fingerprint density at radius 3 is 1.89 bits per heavy atom. The van der Waals surface area contributed by atoms with Crippen LogP contribution in [0, 0.1) is 0 Å². The predicted octanol–water partition coefficient (Wildman–Crippen LogP) is 4.83. The highest BCUT2D eigenvalue weighted by Gasteiger charge is 2.47. The van der Waals surface area contributed by atoms with Crippen LogP contribution < -0.4 is 14.8 Å². The maximum Gasteiger partial charge on any atom is 0.500 e. The van der Waals surface area contributed by atoms with E-state index in [9.17, 15) is 0 Å². The van der Waals surface area contributed by atoms with Gasteiger partial charge in [-0.25, -0.2) is 0 Å². The van der Waals surface area contributed by atoms with Gasteiger partial charge in [-0.05, 0) is 51.3 Å². The number of hydrogen-bond donors (Lipinski definition) is 0. The summed E-state index contributed by atoms with van der Waals surface area (Å²) in [5.41, 5.74) is 2.36. The third-order valence-corrected chi connectivity index (χ3v) is 12.6. The van der Waals surface area contributed by atoms with E-state index >= 15 is 0 Å². The third-order valence-electron chi connectivity index (χ3n) is 6.16. The van der Waals surface area contributed by atoms with Crippen molar-refractivity contribution in [1.82, 2.24) is 0 Å². The topological polar surface area (TPSA) is 46.2 Å². The molecule has 0 radical (unpaired) electrons. The van der Waals surface area contributed by atoms with Gasteiger partial charge in [-0.1, -0.05) is 66.7 Å². The molecule has 5 nitrogen and oxygen atoms in total. The minimum absolute atomic E-state index is 0.536. The first-order chi connectivity index (χ1) is 17.1. The lowest BCUT2D eigenvalue weighted by atomic mass is 10.1. The Morgan fingerprint density at radius 1 is 0.771 bits per heavy atom. The largest absolute Gasteiger partial charge is 0.514 e. The van der Waals surface area contributed by atoms with E-state index in [-0.39, 0.29) is 0 Å². The van der Waals surface area contributed by atoms with Crippen LogP contribution in [0.1, 0.15) is 38.3 Å². The lowest BCUT2D eigenvalue weighted by Gasteiger charge is -2.36. The smallest absolute Gasteiger partial charge is 0.500 e. The molecule has 0 atom stereocenters. The zero-order valence-electron chi connectivity index (χ0n) is 21.0. The lowest BCUT2D eigenvalue weighted by Crippen LogP contribution is -2.66. The SMILES string of the molecule is CCO[Si](CCCc1ccc2c(c1)CO[Si](c1ccccc1)(c1ccccc1)O2)(OCC)OCC. The summed E-state index contributed by atoms with van der Waals surface area (Å²) in [5, 5.41) is 2.23. The second-order valence-electron chi connectivity index (χ2n) is 8.52. The van der Waals surface area contributed by atoms with Gasteiger partial charge in [0, 0.05) is 41.8 Å². The zero-order chi connectivity index (χ0) is 24.6. The Kier molecular flexibility index (Phi) is 8.94. The van der Waals surface area contributed by atoms with Crippen LogP contribution in [0.4, 0.5) is 0 Å². The van der Waals surface area contributed by atoms with Crippen molar-refractivity contribution >= 4 is 27.7 Å². The summed E-state index contributed by atoms with van der Waals surface area (Å²) < 4.78 is 31.4. The predicted molar refractivity (Wildman–Crippen MR) is 144 cm³/mol. The number of fused-ring (bicyclic) bond motifs is 1. The van der Waals surface area contributed by atoms with E-state index in [0.29, 0.717) is 26.4 Å². The van der Waals surface area contributed by atoms with Gasteiger partial charge in [0.25, 0.3) is 0 Å². The fourth-order valence-corrected chi connectivity index (χ4v) is 10.3. The average Bonchev–Trinajstić information content (AvgIpc) is 2.90. The molecule has 1 heterocycles. The van der Waals surface area contributed by atoms with Gasteiger partial charge < -0.3 is 22.1 Å². The summed E-state index contributed by atoms with van der Waals surface area (Å²) in [4.78, 5) is 0. The van der Waals surface area contributed by atoms with E-state index in [0.717, 1.165) is 40.6 Å². The van der Waals surface area contributed by atoms with E-state index in [1.54, 1.807) is 0 Å². The first kappa shape index (κ1) is 25.8. The quantitative estimate of drug-likeness (QED) is 0.328. The van der Waals surface area contributed by atoms with Crippen LogP contribution in [-0.4, -0.2) is 37.2 Å². The normalized spacial score (nSPS) is 14.8. The number of hydrogen-bond acceptors (Lipinski definition) is 5. The van der Waals surface area contributed by atoms with Crippen molar-refractivity contribution in [3.8, 4) is 5.75 Å². The second-order valence-corrected chi connectivity index (χ2v) is 14.1. The number of rotatable bonds is 12. The summed E-state index contributed by atoms with van der Waals surface area (Å²) >= 11 is 0. The van der Waals surface area contributed by atoms with Crippen molar-refractivity contribution in [1.29, 1.82) is 0 Å². The molecule has 35 heavy (non-hydrogen) atoms. The summed E-state index contributed by atoms with van der Waals surface area (Å²) in [6.07, 6.45) is 1.87. The number of benzene rings is 3. The van der Waals surface area contributed by atoms with Crippen molar-refractivity contribution in [3.63, 3.8) is 0 Å². The van der Waals surface area contributed by atoms with Gasteiger partial charge in [0.15, 0.2) is 0 Å². The highest BCUT2D eigenvalue weighted by molar-refractivity contribution is 6.93. The maximum absolute atomic E-state index is 6.76. The van der Waals surface area contributed by atoms with Crippen LogP contribution in [0.5, 0.6) is 5.75 Å². The van der Waals surface area contributed by atoms with Gasteiger partial charge in [-0.2, -0.15) is 0 Å². The van der Waals surface area contributed by atoms with Gasteiger partial charge in [0.05, 0.1) is 6.61 Å². The molecule has 4 rings (SSSR count). The molecule has 0 aromatic heterocycles. The highest BCUT2D eigenvalue weighted by Crippen LogP contribution is 2.31. The molecule has 0 saturated carbocycles. The Balaban J connectivity index is 1.51. The molecule has 7 heteroatoms. The standard InChI is InChI=1S/C28H36O5Si2/c1-4-29-34(30-5-2,31-6-3)21-13-14-24-19-20-28-25(22-24)23-32-35(33-28,26-15-9-7-10-16-26)27-17-11-8-12-18-27/h7-12,15-20,22H,4-6,13-14,21,23H2,1-3H3. The Labute approximate surface area is 211 Å². The molecule has 1 aliphatic rings. The van der Waals surface area contributed by atoms with Crippen molar-refractivity contribution in [3.05, 3.63) is 90.0 Å². The molecular formula is C28H36O5Si2.